The fourth-order valence-electron chi connectivity index (χ4n) is 3.53. The van der Waals surface area contributed by atoms with Crippen LogP contribution in [0.1, 0.15) is 16.8 Å². The van der Waals surface area contributed by atoms with Crippen LogP contribution in [-0.4, -0.2) is 34.3 Å². The second-order valence-electron chi connectivity index (χ2n) is 7.07. The Morgan fingerprint density at radius 2 is 1.94 bits per heavy atom. The number of imidazole rings is 1. The number of nitriles is 1. The monoisotopic (exact) mass is 407 g/mol. The van der Waals surface area contributed by atoms with Gasteiger partial charge >= 0.3 is 0 Å². The Kier molecular flexibility index (Phi) is 4.37. The van der Waals surface area contributed by atoms with Gasteiger partial charge in [0.1, 0.15) is 11.3 Å². The Hall–Kier alpha value is -4.58. The van der Waals surface area contributed by atoms with Crippen molar-refractivity contribution in [2.75, 3.05) is 5.73 Å². The highest BCUT2D eigenvalue weighted by Crippen LogP contribution is 2.27. The third-order valence-corrected chi connectivity index (χ3v) is 5.09. The highest BCUT2D eigenvalue weighted by molar-refractivity contribution is 5.71. The lowest BCUT2D eigenvalue weighted by atomic mass is 10.00. The zero-order chi connectivity index (χ0) is 21.4. The van der Waals surface area contributed by atoms with E-state index in [-0.39, 0.29) is 5.95 Å². The van der Waals surface area contributed by atoms with Crippen LogP contribution in [0.2, 0.25) is 0 Å². The maximum atomic E-state index is 9.32. The van der Waals surface area contributed by atoms with Gasteiger partial charge in [0.05, 0.1) is 47.7 Å². The van der Waals surface area contributed by atoms with E-state index in [2.05, 4.69) is 31.3 Å². The molecule has 9 heteroatoms. The number of benzene rings is 1. The van der Waals surface area contributed by atoms with Crippen molar-refractivity contribution in [3.63, 3.8) is 0 Å². The summed E-state index contributed by atoms with van der Waals surface area (Å²) in [6.45, 7) is 2.40. The Balaban J connectivity index is 1.49. The van der Waals surface area contributed by atoms with E-state index in [1.54, 1.807) is 10.7 Å². The number of hydrogen-bond acceptors (Lipinski definition) is 7. The zero-order valence-electron chi connectivity index (χ0n) is 16.6. The average molecular weight is 407 g/mol. The van der Waals surface area contributed by atoms with E-state index in [0.717, 1.165) is 22.5 Å². The number of hydrogen-bond donors (Lipinski definition) is 1. The first-order chi connectivity index (χ1) is 15.1. The predicted octanol–water partition coefficient (Wildman–Crippen LogP) is 2.86. The fourth-order valence-corrected chi connectivity index (χ4v) is 3.53. The van der Waals surface area contributed by atoms with Crippen LogP contribution in [-0.2, 0) is 6.54 Å². The molecule has 150 valence electrons. The maximum absolute atomic E-state index is 9.32. The molecule has 0 aliphatic carbocycles. The van der Waals surface area contributed by atoms with E-state index in [1.807, 2.05) is 66.3 Å². The quantitative estimate of drug-likeness (QED) is 0.486. The van der Waals surface area contributed by atoms with E-state index in [9.17, 15) is 5.26 Å². The Morgan fingerprint density at radius 3 is 2.81 bits per heavy atom. The van der Waals surface area contributed by atoms with Crippen molar-refractivity contribution < 1.29 is 0 Å². The van der Waals surface area contributed by atoms with Gasteiger partial charge in [-0.25, -0.2) is 19.6 Å². The standard InChI is InChI=1S/C22H17N9/c1-14-15(10-23)5-4-6-17(14)18-9-19(27-22(24)26-18)20-13-30(29-28-20)12-16-11-25-21-7-2-3-8-31(16)21/h2-9,11,13H,12H2,1H3,(H2,24,26,27). The molecular weight excluding hydrogens is 390 g/mol. The molecule has 4 aromatic heterocycles. The van der Waals surface area contributed by atoms with Crippen molar-refractivity contribution in [3.05, 3.63) is 77.9 Å². The summed E-state index contributed by atoms with van der Waals surface area (Å²) in [4.78, 5) is 13.1. The molecule has 5 aromatic rings. The minimum atomic E-state index is 0.130. The van der Waals surface area contributed by atoms with Crippen molar-refractivity contribution in [1.29, 1.82) is 5.26 Å². The van der Waals surface area contributed by atoms with Gasteiger partial charge in [-0.15, -0.1) is 5.10 Å². The summed E-state index contributed by atoms with van der Waals surface area (Å²) >= 11 is 0. The van der Waals surface area contributed by atoms with Gasteiger partial charge in [-0.2, -0.15) is 5.26 Å². The zero-order valence-corrected chi connectivity index (χ0v) is 16.6. The van der Waals surface area contributed by atoms with Crippen LogP contribution in [0.3, 0.4) is 0 Å². The SMILES string of the molecule is Cc1c(C#N)cccc1-c1cc(-c2cn(Cc3cnc4ccccn34)nn2)nc(N)n1. The molecule has 0 unspecified atom stereocenters. The lowest BCUT2D eigenvalue weighted by molar-refractivity contribution is 0.635. The molecule has 2 N–H and O–H groups in total. The molecule has 0 amide bonds. The molecule has 0 aliphatic heterocycles. The van der Waals surface area contributed by atoms with E-state index >= 15 is 0 Å². The lowest BCUT2D eigenvalue weighted by Crippen LogP contribution is -2.03. The van der Waals surface area contributed by atoms with Crippen LogP contribution in [0.25, 0.3) is 28.3 Å². The summed E-state index contributed by atoms with van der Waals surface area (Å²) < 4.78 is 3.73. The molecule has 0 aliphatic rings. The summed E-state index contributed by atoms with van der Waals surface area (Å²) in [6.07, 6.45) is 5.60. The lowest BCUT2D eigenvalue weighted by Gasteiger charge is -2.08. The Bertz CT molecular complexity index is 1460. The van der Waals surface area contributed by atoms with Crippen molar-refractivity contribution >= 4 is 11.6 Å². The molecule has 0 spiro atoms. The van der Waals surface area contributed by atoms with E-state index in [4.69, 9.17) is 5.73 Å². The third kappa shape index (κ3) is 3.36. The predicted molar refractivity (Wildman–Crippen MR) is 115 cm³/mol. The topological polar surface area (TPSA) is 124 Å². The number of rotatable bonds is 4. The van der Waals surface area contributed by atoms with E-state index in [0.29, 0.717) is 29.2 Å². The van der Waals surface area contributed by atoms with Crippen molar-refractivity contribution in [1.82, 2.24) is 34.3 Å². The molecule has 0 bridgehead atoms. The van der Waals surface area contributed by atoms with Crippen LogP contribution in [0.15, 0.2) is 61.1 Å². The fraction of sp³-hybridized carbons (Fsp3) is 0.0909. The summed E-state index contributed by atoms with van der Waals surface area (Å²) in [5.74, 6) is 0.130. The van der Waals surface area contributed by atoms with Crippen molar-refractivity contribution in [2.45, 2.75) is 13.5 Å². The van der Waals surface area contributed by atoms with Crippen LogP contribution < -0.4 is 5.73 Å². The third-order valence-electron chi connectivity index (χ3n) is 5.09. The number of anilines is 1. The van der Waals surface area contributed by atoms with Crippen LogP contribution in [0, 0.1) is 18.3 Å². The van der Waals surface area contributed by atoms with Crippen LogP contribution in [0.5, 0.6) is 0 Å². The van der Waals surface area contributed by atoms with Gasteiger partial charge in [0.2, 0.25) is 5.95 Å². The molecular formula is C22H17N9. The summed E-state index contributed by atoms with van der Waals surface area (Å²) in [5.41, 5.74) is 11.9. The number of aromatic nitrogens is 7. The van der Waals surface area contributed by atoms with E-state index < -0.39 is 0 Å². The number of pyridine rings is 1. The molecule has 4 heterocycles. The molecule has 0 saturated carbocycles. The first-order valence-electron chi connectivity index (χ1n) is 9.58. The van der Waals surface area contributed by atoms with Gasteiger partial charge < -0.3 is 10.1 Å². The van der Waals surface area contributed by atoms with Gasteiger partial charge in [-0.05, 0) is 36.8 Å². The van der Waals surface area contributed by atoms with Crippen LogP contribution >= 0.6 is 0 Å². The number of nitrogen functional groups attached to an aromatic ring is 1. The molecule has 5 rings (SSSR count). The molecule has 1 aromatic carbocycles. The summed E-state index contributed by atoms with van der Waals surface area (Å²) in [7, 11) is 0. The van der Waals surface area contributed by atoms with Gasteiger partial charge in [0, 0.05) is 11.8 Å². The number of nitrogens with two attached hydrogens (primary N) is 1. The molecule has 31 heavy (non-hydrogen) atoms. The van der Waals surface area contributed by atoms with E-state index in [1.165, 1.54) is 0 Å². The van der Waals surface area contributed by atoms with Crippen molar-refractivity contribution in [2.24, 2.45) is 0 Å². The minimum absolute atomic E-state index is 0.130. The largest absolute Gasteiger partial charge is 0.368 e. The summed E-state index contributed by atoms with van der Waals surface area (Å²) in [6, 6.07) is 15.4. The molecule has 9 nitrogen and oxygen atoms in total. The Labute approximate surface area is 177 Å². The summed E-state index contributed by atoms with van der Waals surface area (Å²) in [5, 5.41) is 17.8. The molecule has 0 fully saturated rings. The minimum Gasteiger partial charge on any atom is -0.368 e. The van der Waals surface area contributed by atoms with Gasteiger partial charge in [-0.1, -0.05) is 23.4 Å². The second-order valence-corrected chi connectivity index (χ2v) is 7.07. The van der Waals surface area contributed by atoms with Gasteiger partial charge in [-0.3, -0.25) is 0 Å². The molecule has 0 atom stereocenters. The first kappa shape index (κ1) is 18.4. The maximum Gasteiger partial charge on any atom is 0.221 e. The van der Waals surface area contributed by atoms with Gasteiger partial charge in [0.25, 0.3) is 0 Å². The molecule has 0 saturated heterocycles. The Morgan fingerprint density at radius 1 is 1.06 bits per heavy atom. The normalized spacial score (nSPS) is 11.0. The highest BCUT2D eigenvalue weighted by atomic mass is 15.4. The number of fused-ring (bicyclic) bond motifs is 1. The van der Waals surface area contributed by atoms with Gasteiger partial charge in [0.15, 0.2) is 0 Å². The van der Waals surface area contributed by atoms with Crippen LogP contribution in [0.4, 0.5) is 5.95 Å². The molecule has 0 radical (unpaired) electrons. The highest BCUT2D eigenvalue weighted by Gasteiger charge is 2.14. The smallest absolute Gasteiger partial charge is 0.221 e. The first-order valence-corrected chi connectivity index (χ1v) is 9.58. The average Bonchev–Trinajstić information content (AvgIpc) is 3.41. The van der Waals surface area contributed by atoms with Crippen molar-refractivity contribution in [3.8, 4) is 28.7 Å². The second kappa shape index (κ2) is 7.35. The number of nitrogens with zero attached hydrogens (tertiary/aromatic N) is 8.